The van der Waals surface area contributed by atoms with Crippen LogP contribution < -0.4 is 5.32 Å². The molecule has 3 rings (SSSR count). The third-order valence-corrected chi connectivity index (χ3v) is 5.17. The second kappa shape index (κ2) is 6.86. The minimum Gasteiger partial charge on any atom is -0.378 e. The maximum absolute atomic E-state index is 13.5. The lowest BCUT2D eigenvalue weighted by Gasteiger charge is -2.33. The van der Waals surface area contributed by atoms with E-state index in [1.807, 2.05) is 6.92 Å². The Kier molecular flexibility index (Phi) is 4.82. The number of nitrogens with zero attached hydrogens (tertiary/aromatic N) is 2. The normalized spacial score (nSPS) is 17.8. The van der Waals surface area contributed by atoms with Gasteiger partial charge in [0.25, 0.3) is 5.91 Å². The summed E-state index contributed by atoms with van der Waals surface area (Å²) >= 11 is 1.29. The van der Waals surface area contributed by atoms with Gasteiger partial charge in [0.1, 0.15) is 16.9 Å². The van der Waals surface area contributed by atoms with Crippen LogP contribution in [0, 0.1) is 19.7 Å². The number of benzene rings is 1. The molecular formula is C17H20FN3O2S. The number of morpholine rings is 1. The molecule has 1 aromatic heterocycles. The maximum atomic E-state index is 13.5. The first-order valence-electron chi connectivity index (χ1n) is 7.82. The fourth-order valence-corrected chi connectivity index (χ4v) is 3.59. The zero-order chi connectivity index (χ0) is 17.3. The van der Waals surface area contributed by atoms with E-state index >= 15 is 0 Å². The second-order valence-electron chi connectivity index (χ2n) is 5.84. The molecular weight excluding hydrogens is 329 g/mol. The highest BCUT2D eigenvalue weighted by molar-refractivity contribution is 7.10. The summed E-state index contributed by atoms with van der Waals surface area (Å²) in [7, 11) is 1.78. The molecule has 0 bridgehead atoms. The van der Waals surface area contributed by atoms with Crippen LogP contribution in [0.4, 0.5) is 9.39 Å². The summed E-state index contributed by atoms with van der Waals surface area (Å²) in [5, 5.41) is 3.80. The molecule has 24 heavy (non-hydrogen) atoms. The van der Waals surface area contributed by atoms with Crippen molar-refractivity contribution in [2.24, 2.45) is 0 Å². The minimum atomic E-state index is -0.244. The van der Waals surface area contributed by atoms with E-state index in [1.165, 1.54) is 17.6 Å². The Labute approximate surface area is 144 Å². The van der Waals surface area contributed by atoms with Gasteiger partial charge < -0.3 is 15.0 Å². The van der Waals surface area contributed by atoms with Crippen LogP contribution in [0.1, 0.15) is 33.3 Å². The van der Waals surface area contributed by atoms with Gasteiger partial charge in [0.05, 0.1) is 24.4 Å². The first-order valence-corrected chi connectivity index (χ1v) is 8.59. The Morgan fingerprint density at radius 1 is 1.46 bits per heavy atom. The van der Waals surface area contributed by atoms with Gasteiger partial charge in [0.15, 0.2) is 0 Å². The van der Waals surface area contributed by atoms with Crippen molar-refractivity contribution in [2.75, 3.05) is 32.1 Å². The molecule has 1 atom stereocenters. The van der Waals surface area contributed by atoms with Gasteiger partial charge in [-0.05, 0) is 42.6 Å². The van der Waals surface area contributed by atoms with Gasteiger partial charge >= 0.3 is 0 Å². The molecule has 128 valence electrons. The van der Waals surface area contributed by atoms with Crippen molar-refractivity contribution in [3.05, 3.63) is 46.4 Å². The maximum Gasteiger partial charge on any atom is 0.258 e. The Hall–Kier alpha value is -1.99. The van der Waals surface area contributed by atoms with Crippen LogP contribution in [-0.4, -0.2) is 41.9 Å². The Balaban J connectivity index is 1.81. The van der Waals surface area contributed by atoms with E-state index in [9.17, 15) is 9.18 Å². The fraction of sp³-hybridized carbons (Fsp3) is 0.412. The van der Waals surface area contributed by atoms with E-state index in [1.54, 1.807) is 31.0 Å². The van der Waals surface area contributed by atoms with Gasteiger partial charge in [0, 0.05) is 13.6 Å². The molecule has 0 spiro atoms. The number of carbonyl (C=O) groups excluding carboxylic acids is 1. The summed E-state index contributed by atoms with van der Waals surface area (Å²) in [6.07, 6.45) is -0.244. The van der Waals surface area contributed by atoms with Gasteiger partial charge in [0.2, 0.25) is 0 Å². The Morgan fingerprint density at radius 3 is 2.96 bits per heavy atom. The molecule has 1 N–H and O–H groups in total. The molecule has 7 heteroatoms. The summed E-state index contributed by atoms with van der Waals surface area (Å²) in [6.45, 7) is 5.00. The SMILES string of the molecule is CNc1snc(C)c1C(=O)N1CCO[C@H](c2ccc(F)c(C)c2)C1. The molecule has 2 heterocycles. The van der Waals surface area contributed by atoms with E-state index in [4.69, 9.17) is 4.74 Å². The van der Waals surface area contributed by atoms with Crippen molar-refractivity contribution in [1.29, 1.82) is 0 Å². The second-order valence-corrected chi connectivity index (χ2v) is 6.61. The highest BCUT2D eigenvalue weighted by atomic mass is 32.1. The van der Waals surface area contributed by atoms with Crippen LogP contribution in [0.5, 0.6) is 0 Å². The van der Waals surface area contributed by atoms with Crippen molar-refractivity contribution >= 4 is 22.4 Å². The summed E-state index contributed by atoms with van der Waals surface area (Å²) < 4.78 is 23.5. The predicted molar refractivity (Wildman–Crippen MR) is 92.1 cm³/mol. The van der Waals surface area contributed by atoms with Crippen molar-refractivity contribution in [3.63, 3.8) is 0 Å². The van der Waals surface area contributed by atoms with E-state index in [-0.39, 0.29) is 17.8 Å². The molecule has 1 saturated heterocycles. The lowest BCUT2D eigenvalue weighted by Crippen LogP contribution is -2.42. The van der Waals surface area contributed by atoms with Crippen LogP contribution in [0.25, 0.3) is 0 Å². The predicted octanol–water partition coefficient (Wildman–Crippen LogP) is 3.15. The van der Waals surface area contributed by atoms with Crippen molar-refractivity contribution < 1.29 is 13.9 Å². The van der Waals surface area contributed by atoms with Crippen molar-refractivity contribution in [1.82, 2.24) is 9.27 Å². The van der Waals surface area contributed by atoms with Gasteiger partial charge in [-0.3, -0.25) is 4.79 Å². The molecule has 1 aliphatic heterocycles. The number of nitrogens with one attached hydrogen (secondary N) is 1. The molecule has 1 aliphatic rings. The van der Waals surface area contributed by atoms with Crippen LogP contribution in [0.15, 0.2) is 18.2 Å². The van der Waals surface area contributed by atoms with Crippen LogP contribution in [-0.2, 0) is 4.74 Å². The molecule has 0 radical (unpaired) electrons. The van der Waals surface area contributed by atoms with Crippen molar-refractivity contribution in [2.45, 2.75) is 20.0 Å². The molecule has 1 amide bonds. The zero-order valence-electron chi connectivity index (χ0n) is 13.9. The lowest BCUT2D eigenvalue weighted by atomic mass is 10.0. The average molecular weight is 349 g/mol. The van der Waals surface area contributed by atoms with Crippen molar-refractivity contribution in [3.8, 4) is 0 Å². The number of halogens is 1. The average Bonchev–Trinajstić information content (AvgIpc) is 2.97. The van der Waals surface area contributed by atoms with E-state index in [0.29, 0.717) is 30.8 Å². The van der Waals surface area contributed by atoms with Crippen LogP contribution in [0.2, 0.25) is 0 Å². The smallest absolute Gasteiger partial charge is 0.258 e. The number of aromatic nitrogens is 1. The molecule has 1 aromatic carbocycles. The number of rotatable bonds is 3. The first-order chi connectivity index (χ1) is 11.5. The number of anilines is 1. The van der Waals surface area contributed by atoms with E-state index < -0.39 is 0 Å². The van der Waals surface area contributed by atoms with E-state index in [0.717, 1.165) is 16.3 Å². The minimum absolute atomic E-state index is 0.0438. The first kappa shape index (κ1) is 16.9. The molecule has 0 unspecified atom stereocenters. The molecule has 0 aliphatic carbocycles. The number of carbonyl (C=O) groups is 1. The number of aryl methyl sites for hydroxylation is 2. The van der Waals surface area contributed by atoms with Crippen LogP contribution in [0.3, 0.4) is 0 Å². The van der Waals surface area contributed by atoms with E-state index in [2.05, 4.69) is 9.69 Å². The third kappa shape index (κ3) is 3.14. The Morgan fingerprint density at radius 2 is 2.25 bits per heavy atom. The summed E-state index contributed by atoms with van der Waals surface area (Å²) in [5.74, 6) is -0.279. The molecule has 5 nitrogen and oxygen atoms in total. The van der Waals surface area contributed by atoms with Crippen LogP contribution >= 0.6 is 11.5 Å². The largest absolute Gasteiger partial charge is 0.378 e. The number of hydrogen-bond acceptors (Lipinski definition) is 5. The lowest BCUT2D eigenvalue weighted by molar-refractivity contribution is -0.0228. The van der Waals surface area contributed by atoms with Gasteiger partial charge in [-0.1, -0.05) is 12.1 Å². The van der Waals surface area contributed by atoms with Gasteiger partial charge in [-0.2, -0.15) is 4.37 Å². The fourth-order valence-electron chi connectivity index (χ4n) is 2.85. The summed E-state index contributed by atoms with van der Waals surface area (Å²) in [4.78, 5) is 14.7. The topological polar surface area (TPSA) is 54.5 Å². The van der Waals surface area contributed by atoms with Gasteiger partial charge in [-0.25, -0.2) is 4.39 Å². The molecule has 2 aromatic rings. The zero-order valence-corrected chi connectivity index (χ0v) is 14.7. The summed E-state index contributed by atoms with van der Waals surface area (Å²) in [6, 6.07) is 4.95. The third-order valence-electron chi connectivity index (χ3n) is 4.21. The standard InChI is InChI=1S/C17H20FN3O2S/c1-10-8-12(4-5-13(10)18)14-9-21(6-7-23-14)17(22)15-11(2)20-24-16(15)19-3/h4-5,8,14,19H,6-7,9H2,1-3H3/t14-/m0/s1. The monoisotopic (exact) mass is 349 g/mol. The number of ether oxygens (including phenoxy) is 1. The highest BCUT2D eigenvalue weighted by Gasteiger charge is 2.29. The Bertz CT molecular complexity index is 762. The molecule has 0 saturated carbocycles. The van der Waals surface area contributed by atoms with Gasteiger partial charge in [-0.15, -0.1) is 0 Å². The summed E-state index contributed by atoms with van der Waals surface area (Å²) in [5.41, 5.74) is 2.82. The molecule has 1 fully saturated rings. The number of hydrogen-bond donors (Lipinski definition) is 1. The number of amides is 1. The highest BCUT2D eigenvalue weighted by Crippen LogP contribution is 2.29. The quantitative estimate of drug-likeness (QED) is 0.925.